The van der Waals surface area contributed by atoms with Gasteiger partial charge in [-0.2, -0.15) is 4.31 Å². The number of aryl methyl sites for hydroxylation is 1. The van der Waals surface area contributed by atoms with E-state index in [1.54, 1.807) is 18.2 Å². The zero-order valence-corrected chi connectivity index (χ0v) is 18.7. The van der Waals surface area contributed by atoms with Gasteiger partial charge >= 0.3 is 0 Å². The van der Waals surface area contributed by atoms with Crippen molar-refractivity contribution in [2.24, 2.45) is 0 Å². The fourth-order valence-corrected chi connectivity index (χ4v) is 5.50. The van der Waals surface area contributed by atoms with Crippen LogP contribution in [0.4, 0.5) is 5.69 Å². The van der Waals surface area contributed by atoms with Gasteiger partial charge in [0.25, 0.3) is 0 Å². The number of nitrogens with zero attached hydrogens (tertiary/aromatic N) is 2. The Hall–Kier alpha value is -1.35. The van der Waals surface area contributed by atoms with E-state index in [0.29, 0.717) is 28.8 Å². The zero-order chi connectivity index (χ0) is 21.2. The molecule has 1 heterocycles. The zero-order valence-electron chi connectivity index (χ0n) is 15.7. The summed E-state index contributed by atoms with van der Waals surface area (Å²) < 4.78 is 27.1. The van der Waals surface area contributed by atoms with Crippen LogP contribution in [0.3, 0.4) is 0 Å². The molecule has 0 aromatic heterocycles. The van der Waals surface area contributed by atoms with Gasteiger partial charge in [0.05, 0.1) is 22.3 Å². The molecule has 10 heteroatoms. The van der Waals surface area contributed by atoms with Crippen molar-refractivity contribution < 1.29 is 13.2 Å². The second kappa shape index (κ2) is 9.20. The number of carbonyl (C=O) groups excluding carboxylic acids is 1. The summed E-state index contributed by atoms with van der Waals surface area (Å²) in [5.74, 6) is -0.204. The van der Waals surface area contributed by atoms with E-state index in [9.17, 15) is 13.2 Å². The molecule has 1 amide bonds. The van der Waals surface area contributed by atoms with Crippen LogP contribution in [0.1, 0.15) is 5.56 Å². The van der Waals surface area contributed by atoms with Gasteiger partial charge in [0.15, 0.2) is 0 Å². The minimum atomic E-state index is -3.75. The third-order valence-corrected chi connectivity index (χ3v) is 7.54. The standard InChI is InChI=1S/C19H20Cl3N3O3S/c1-13-2-5-17(16(22)10-13)23-19(26)12-24-6-8-25(9-7-24)29(27,28)18-11-14(20)3-4-15(18)21/h2-5,10-11H,6-9,12H2,1H3,(H,23,26). The lowest BCUT2D eigenvalue weighted by molar-refractivity contribution is -0.117. The summed E-state index contributed by atoms with van der Waals surface area (Å²) in [5, 5.41) is 3.70. The molecule has 2 aromatic carbocycles. The first-order valence-corrected chi connectivity index (χ1v) is 11.5. The Labute approximate surface area is 185 Å². The predicted molar refractivity (Wildman–Crippen MR) is 116 cm³/mol. The predicted octanol–water partition coefficient (Wildman–Crippen LogP) is 3.90. The third-order valence-electron chi connectivity index (χ3n) is 4.61. The SMILES string of the molecule is Cc1ccc(NC(=O)CN2CCN(S(=O)(=O)c3cc(Cl)ccc3Cl)CC2)c(Cl)c1. The second-order valence-corrected chi connectivity index (χ2v) is 9.94. The molecule has 1 aliphatic rings. The van der Waals surface area contributed by atoms with Gasteiger partial charge in [-0.1, -0.05) is 40.9 Å². The quantitative estimate of drug-likeness (QED) is 0.710. The third kappa shape index (κ3) is 5.42. The second-order valence-electron chi connectivity index (χ2n) is 6.79. The lowest BCUT2D eigenvalue weighted by atomic mass is 10.2. The van der Waals surface area contributed by atoms with Crippen LogP contribution in [0.5, 0.6) is 0 Å². The van der Waals surface area contributed by atoms with E-state index >= 15 is 0 Å². The molecule has 0 saturated carbocycles. The molecule has 2 aromatic rings. The Morgan fingerprint density at radius 3 is 2.34 bits per heavy atom. The lowest BCUT2D eigenvalue weighted by Crippen LogP contribution is -2.50. The Bertz CT molecular complexity index is 1020. The summed E-state index contributed by atoms with van der Waals surface area (Å²) in [7, 11) is -3.75. The molecule has 1 aliphatic heterocycles. The number of anilines is 1. The number of carbonyl (C=O) groups is 1. The van der Waals surface area contributed by atoms with Crippen molar-refractivity contribution in [3.63, 3.8) is 0 Å². The average molecular weight is 477 g/mol. The number of piperazine rings is 1. The van der Waals surface area contributed by atoms with Crippen molar-refractivity contribution in [1.82, 2.24) is 9.21 Å². The fraction of sp³-hybridized carbons (Fsp3) is 0.316. The van der Waals surface area contributed by atoms with Gasteiger partial charge in [-0.05, 0) is 42.8 Å². The molecule has 156 valence electrons. The Morgan fingerprint density at radius 1 is 1.00 bits per heavy atom. The summed E-state index contributed by atoms with van der Waals surface area (Å²) in [6, 6.07) is 9.76. The number of hydrogen-bond donors (Lipinski definition) is 1. The minimum absolute atomic E-state index is 0.00753. The van der Waals surface area contributed by atoms with E-state index in [2.05, 4.69) is 5.32 Å². The average Bonchev–Trinajstić information content (AvgIpc) is 2.66. The van der Waals surface area contributed by atoms with E-state index in [1.165, 1.54) is 16.4 Å². The highest BCUT2D eigenvalue weighted by atomic mass is 35.5. The number of nitrogens with one attached hydrogen (secondary N) is 1. The van der Waals surface area contributed by atoms with E-state index < -0.39 is 10.0 Å². The van der Waals surface area contributed by atoms with Gasteiger partial charge in [0, 0.05) is 31.2 Å². The van der Waals surface area contributed by atoms with Gasteiger partial charge < -0.3 is 5.32 Å². The summed E-state index contributed by atoms with van der Waals surface area (Å²) in [5.41, 5.74) is 1.56. The van der Waals surface area contributed by atoms with E-state index in [4.69, 9.17) is 34.8 Å². The molecule has 1 saturated heterocycles. The lowest BCUT2D eigenvalue weighted by Gasteiger charge is -2.33. The number of rotatable bonds is 5. The van der Waals surface area contributed by atoms with Crippen molar-refractivity contribution in [3.05, 3.63) is 57.0 Å². The molecule has 0 spiro atoms. The van der Waals surface area contributed by atoms with Crippen LogP contribution in [0.2, 0.25) is 15.1 Å². The van der Waals surface area contributed by atoms with E-state index in [1.807, 2.05) is 17.9 Å². The van der Waals surface area contributed by atoms with Gasteiger partial charge in [-0.15, -0.1) is 0 Å². The Balaban J connectivity index is 1.58. The van der Waals surface area contributed by atoms with Crippen LogP contribution in [0, 0.1) is 6.92 Å². The van der Waals surface area contributed by atoms with Gasteiger partial charge in [-0.25, -0.2) is 8.42 Å². The molecule has 0 bridgehead atoms. The Kier molecular flexibility index (Phi) is 7.09. The van der Waals surface area contributed by atoms with Crippen LogP contribution in [0.15, 0.2) is 41.3 Å². The molecule has 3 rings (SSSR count). The van der Waals surface area contributed by atoms with Crippen LogP contribution in [0.25, 0.3) is 0 Å². The maximum Gasteiger partial charge on any atom is 0.244 e. The first-order chi connectivity index (χ1) is 13.7. The van der Waals surface area contributed by atoms with Crippen molar-refractivity contribution >= 4 is 56.4 Å². The number of amides is 1. The summed E-state index contributed by atoms with van der Waals surface area (Å²) in [6.07, 6.45) is 0. The monoisotopic (exact) mass is 475 g/mol. The Morgan fingerprint density at radius 2 is 1.69 bits per heavy atom. The largest absolute Gasteiger partial charge is 0.324 e. The molecule has 1 N–H and O–H groups in total. The molecule has 0 atom stereocenters. The van der Waals surface area contributed by atoms with Crippen LogP contribution < -0.4 is 5.32 Å². The highest BCUT2D eigenvalue weighted by molar-refractivity contribution is 7.89. The molecule has 0 aliphatic carbocycles. The summed E-state index contributed by atoms with van der Waals surface area (Å²) in [4.78, 5) is 14.2. The van der Waals surface area contributed by atoms with Gasteiger partial charge in [0.1, 0.15) is 4.90 Å². The van der Waals surface area contributed by atoms with Crippen molar-refractivity contribution in [2.75, 3.05) is 38.0 Å². The smallest absolute Gasteiger partial charge is 0.244 e. The highest BCUT2D eigenvalue weighted by Crippen LogP contribution is 2.28. The topological polar surface area (TPSA) is 69.7 Å². The molecule has 0 radical (unpaired) electrons. The van der Waals surface area contributed by atoms with Gasteiger partial charge in [-0.3, -0.25) is 9.69 Å². The molecular formula is C19H20Cl3N3O3S. The van der Waals surface area contributed by atoms with Crippen molar-refractivity contribution in [2.45, 2.75) is 11.8 Å². The first-order valence-electron chi connectivity index (χ1n) is 8.90. The van der Waals surface area contributed by atoms with Crippen LogP contribution in [-0.2, 0) is 14.8 Å². The highest BCUT2D eigenvalue weighted by Gasteiger charge is 2.30. The minimum Gasteiger partial charge on any atom is -0.324 e. The van der Waals surface area contributed by atoms with Crippen molar-refractivity contribution in [1.29, 1.82) is 0 Å². The number of sulfonamides is 1. The van der Waals surface area contributed by atoms with Crippen LogP contribution in [-0.4, -0.2) is 56.3 Å². The molecule has 1 fully saturated rings. The molecule has 6 nitrogen and oxygen atoms in total. The maximum absolute atomic E-state index is 12.9. The molecule has 0 unspecified atom stereocenters. The van der Waals surface area contributed by atoms with Crippen molar-refractivity contribution in [3.8, 4) is 0 Å². The maximum atomic E-state index is 12.9. The first kappa shape index (κ1) is 22.3. The van der Waals surface area contributed by atoms with E-state index in [-0.39, 0.29) is 35.5 Å². The number of benzene rings is 2. The van der Waals surface area contributed by atoms with E-state index in [0.717, 1.165) is 5.56 Å². The summed E-state index contributed by atoms with van der Waals surface area (Å²) >= 11 is 18.1. The van der Waals surface area contributed by atoms with Crippen LogP contribution >= 0.6 is 34.8 Å². The summed E-state index contributed by atoms with van der Waals surface area (Å²) in [6.45, 7) is 3.42. The number of hydrogen-bond acceptors (Lipinski definition) is 4. The fourth-order valence-electron chi connectivity index (χ4n) is 3.06. The number of halogens is 3. The molecular weight excluding hydrogens is 457 g/mol. The van der Waals surface area contributed by atoms with Gasteiger partial charge in [0.2, 0.25) is 15.9 Å². The normalized spacial score (nSPS) is 16.0. The molecule has 29 heavy (non-hydrogen) atoms.